The molecule has 0 N–H and O–H groups in total. The van der Waals surface area contributed by atoms with Crippen LogP contribution in [0, 0.1) is 0 Å². The fourth-order valence-electron chi connectivity index (χ4n) is 2.54. The molecule has 0 amide bonds. The lowest BCUT2D eigenvalue weighted by Crippen LogP contribution is -2.15. The molecule has 1 aromatic rings. The van der Waals surface area contributed by atoms with E-state index < -0.39 is 0 Å². The molecule has 1 aromatic carbocycles. The molecule has 2 rings (SSSR count). The van der Waals surface area contributed by atoms with Gasteiger partial charge in [0.2, 0.25) is 0 Å². The standard InChI is InChI=1S/C15H19N/c1-10-14(11(2)16-5)12-8-6-7-9-13(12)15(10,3)4/h6-9H,1-5H3. The molecule has 0 aliphatic heterocycles. The number of benzene rings is 1. The first kappa shape index (κ1) is 11.1. The predicted octanol–water partition coefficient (Wildman–Crippen LogP) is 3.84. The number of allylic oxidation sites excluding steroid dienone is 2. The Balaban J connectivity index is 2.74. The quantitative estimate of drug-likeness (QED) is 0.628. The van der Waals surface area contributed by atoms with Crippen molar-refractivity contribution in [2.75, 3.05) is 7.05 Å². The summed E-state index contributed by atoms with van der Waals surface area (Å²) in [6.45, 7) is 8.90. The number of nitrogens with zero attached hydrogens (tertiary/aromatic N) is 1. The molecular formula is C15H19N. The summed E-state index contributed by atoms with van der Waals surface area (Å²) in [6.07, 6.45) is 0. The van der Waals surface area contributed by atoms with E-state index in [4.69, 9.17) is 0 Å². The molecule has 0 fully saturated rings. The van der Waals surface area contributed by atoms with Crippen molar-refractivity contribution in [1.82, 2.24) is 0 Å². The van der Waals surface area contributed by atoms with Crippen LogP contribution >= 0.6 is 0 Å². The molecule has 0 heterocycles. The second kappa shape index (κ2) is 3.58. The molecule has 0 unspecified atom stereocenters. The van der Waals surface area contributed by atoms with Crippen molar-refractivity contribution in [2.45, 2.75) is 33.1 Å². The average molecular weight is 213 g/mol. The highest BCUT2D eigenvalue weighted by atomic mass is 14.7. The Morgan fingerprint density at radius 3 is 2.44 bits per heavy atom. The lowest BCUT2D eigenvalue weighted by molar-refractivity contribution is 0.639. The summed E-state index contributed by atoms with van der Waals surface area (Å²) >= 11 is 0. The van der Waals surface area contributed by atoms with Crippen LogP contribution in [0.15, 0.2) is 34.8 Å². The molecule has 0 bridgehead atoms. The van der Waals surface area contributed by atoms with Crippen LogP contribution in [0.1, 0.15) is 38.8 Å². The Morgan fingerprint density at radius 1 is 1.19 bits per heavy atom. The molecule has 0 atom stereocenters. The molecule has 16 heavy (non-hydrogen) atoms. The normalized spacial score (nSPS) is 18.9. The summed E-state index contributed by atoms with van der Waals surface area (Å²) in [5.41, 5.74) is 6.81. The molecule has 1 heteroatoms. The van der Waals surface area contributed by atoms with Gasteiger partial charge in [-0.2, -0.15) is 0 Å². The highest BCUT2D eigenvalue weighted by molar-refractivity contribution is 6.25. The van der Waals surface area contributed by atoms with Crippen LogP contribution in [0.4, 0.5) is 0 Å². The summed E-state index contributed by atoms with van der Waals surface area (Å²) in [7, 11) is 1.86. The third-order valence-corrected chi connectivity index (χ3v) is 3.88. The molecule has 0 spiro atoms. The Kier molecular flexibility index (Phi) is 2.49. The molecule has 0 radical (unpaired) electrons. The maximum absolute atomic E-state index is 4.34. The SMILES string of the molecule is CN=C(C)C1=C(C)C(C)(C)c2ccccc21. The first-order chi connectivity index (χ1) is 7.50. The largest absolute Gasteiger partial charge is 0.293 e. The van der Waals surface area contributed by atoms with Gasteiger partial charge in [-0.25, -0.2) is 0 Å². The van der Waals surface area contributed by atoms with E-state index in [2.05, 4.69) is 57.0 Å². The highest BCUT2D eigenvalue weighted by Gasteiger charge is 2.35. The van der Waals surface area contributed by atoms with Crippen LogP contribution in [0.5, 0.6) is 0 Å². The van der Waals surface area contributed by atoms with Gasteiger partial charge in [0.25, 0.3) is 0 Å². The van der Waals surface area contributed by atoms with Crippen LogP contribution in [0.2, 0.25) is 0 Å². The van der Waals surface area contributed by atoms with Crippen molar-refractivity contribution in [3.63, 3.8) is 0 Å². The van der Waals surface area contributed by atoms with Gasteiger partial charge in [-0.05, 0) is 25.0 Å². The molecule has 84 valence electrons. The van der Waals surface area contributed by atoms with Gasteiger partial charge >= 0.3 is 0 Å². The Bertz CT molecular complexity index is 490. The van der Waals surface area contributed by atoms with E-state index in [1.54, 1.807) is 0 Å². The molecule has 0 saturated carbocycles. The van der Waals surface area contributed by atoms with Crippen LogP contribution in [-0.4, -0.2) is 12.8 Å². The van der Waals surface area contributed by atoms with Gasteiger partial charge in [0.15, 0.2) is 0 Å². The molecule has 0 aromatic heterocycles. The van der Waals surface area contributed by atoms with Crippen molar-refractivity contribution in [3.8, 4) is 0 Å². The molecule has 1 nitrogen and oxygen atoms in total. The Labute approximate surface area is 97.9 Å². The van der Waals surface area contributed by atoms with E-state index in [9.17, 15) is 0 Å². The third-order valence-electron chi connectivity index (χ3n) is 3.88. The number of hydrogen-bond donors (Lipinski definition) is 0. The number of aliphatic imine (C=N–C) groups is 1. The number of rotatable bonds is 1. The van der Waals surface area contributed by atoms with E-state index in [1.807, 2.05) is 7.05 Å². The summed E-state index contributed by atoms with van der Waals surface area (Å²) in [5, 5.41) is 0. The summed E-state index contributed by atoms with van der Waals surface area (Å²) in [4.78, 5) is 4.34. The first-order valence-electron chi connectivity index (χ1n) is 5.75. The van der Waals surface area contributed by atoms with Gasteiger partial charge in [-0.3, -0.25) is 4.99 Å². The minimum absolute atomic E-state index is 0.137. The Hall–Kier alpha value is -1.37. The fourth-order valence-corrected chi connectivity index (χ4v) is 2.54. The fraction of sp³-hybridized carbons (Fsp3) is 0.400. The molecule has 1 aliphatic carbocycles. The highest BCUT2D eigenvalue weighted by Crippen LogP contribution is 2.46. The third kappa shape index (κ3) is 1.35. The van der Waals surface area contributed by atoms with Gasteiger partial charge in [0.1, 0.15) is 0 Å². The van der Waals surface area contributed by atoms with E-state index in [0.29, 0.717) is 0 Å². The minimum atomic E-state index is 0.137. The van der Waals surface area contributed by atoms with Crippen LogP contribution < -0.4 is 0 Å². The zero-order chi connectivity index (χ0) is 11.9. The van der Waals surface area contributed by atoms with E-state index in [1.165, 1.54) is 22.3 Å². The van der Waals surface area contributed by atoms with Gasteiger partial charge in [-0.15, -0.1) is 0 Å². The van der Waals surface area contributed by atoms with Gasteiger partial charge in [-0.1, -0.05) is 43.7 Å². The predicted molar refractivity (Wildman–Crippen MR) is 71.1 cm³/mol. The maximum Gasteiger partial charge on any atom is 0.0392 e. The molecular weight excluding hydrogens is 194 g/mol. The minimum Gasteiger partial charge on any atom is -0.293 e. The van der Waals surface area contributed by atoms with E-state index in [0.717, 1.165) is 5.71 Å². The molecule has 0 saturated heterocycles. The van der Waals surface area contributed by atoms with Gasteiger partial charge < -0.3 is 0 Å². The molecule has 1 aliphatic rings. The number of fused-ring (bicyclic) bond motifs is 1. The second-order valence-corrected chi connectivity index (χ2v) is 4.98. The van der Waals surface area contributed by atoms with Gasteiger partial charge in [0.05, 0.1) is 0 Å². The Morgan fingerprint density at radius 2 is 1.81 bits per heavy atom. The zero-order valence-corrected chi connectivity index (χ0v) is 10.8. The first-order valence-corrected chi connectivity index (χ1v) is 5.75. The van der Waals surface area contributed by atoms with Crippen LogP contribution in [-0.2, 0) is 5.41 Å². The van der Waals surface area contributed by atoms with Crippen molar-refractivity contribution >= 4 is 11.3 Å². The van der Waals surface area contributed by atoms with Crippen molar-refractivity contribution in [2.24, 2.45) is 4.99 Å². The number of hydrogen-bond acceptors (Lipinski definition) is 1. The summed E-state index contributed by atoms with van der Waals surface area (Å²) in [6, 6.07) is 8.66. The van der Waals surface area contributed by atoms with Gasteiger partial charge in [0, 0.05) is 23.7 Å². The topological polar surface area (TPSA) is 12.4 Å². The van der Waals surface area contributed by atoms with Crippen molar-refractivity contribution in [3.05, 3.63) is 41.0 Å². The monoisotopic (exact) mass is 213 g/mol. The lowest BCUT2D eigenvalue weighted by atomic mass is 9.82. The zero-order valence-electron chi connectivity index (χ0n) is 10.8. The van der Waals surface area contributed by atoms with E-state index >= 15 is 0 Å². The van der Waals surface area contributed by atoms with Crippen LogP contribution in [0.3, 0.4) is 0 Å². The summed E-state index contributed by atoms with van der Waals surface area (Å²) in [5.74, 6) is 0. The van der Waals surface area contributed by atoms with E-state index in [-0.39, 0.29) is 5.41 Å². The summed E-state index contributed by atoms with van der Waals surface area (Å²) < 4.78 is 0. The smallest absolute Gasteiger partial charge is 0.0392 e. The maximum atomic E-state index is 4.34. The lowest BCUT2D eigenvalue weighted by Gasteiger charge is -2.22. The van der Waals surface area contributed by atoms with Crippen molar-refractivity contribution < 1.29 is 0 Å². The average Bonchev–Trinajstić information content (AvgIpc) is 2.48. The second-order valence-electron chi connectivity index (χ2n) is 4.98. The van der Waals surface area contributed by atoms with Crippen molar-refractivity contribution in [1.29, 1.82) is 0 Å². The van der Waals surface area contributed by atoms with Crippen LogP contribution in [0.25, 0.3) is 5.57 Å².